The van der Waals surface area contributed by atoms with Gasteiger partial charge in [0.1, 0.15) is 5.54 Å². The third-order valence-corrected chi connectivity index (χ3v) is 4.92. The molecule has 0 radical (unpaired) electrons. The Hall–Kier alpha value is -1.07. The fraction of sp³-hybridized carbons (Fsp3) is 0.571. The lowest BCUT2D eigenvalue weighted by Crippen LogP contribution is -2.57. The number of pyridine rings is 1. The van der Waals surface area contributed by atoms with Crippen molar-refractivity contribution >= 4 is 17.7 Å². The minimum atomic E-state index is -0.761. The molecule has 102 valence electrons. The summed E-state index contributed by atoms with van der Waals surface area (Å²) in [5.74, 6) is 0.132. The lowest BCUT2D eigenvalue weighted by Gasteiger charge is -2.30. The summed E-state index contributed by atoms with van der Waals surface area (Å²) in [6, 6.07) is 6.14. The molecule has 5 heteroatoms. The molecule has 1 atom stereocenters. The van der Waals surface area contributed by atoms with E-state index in [1.807, 2.05) is 18.2 Å². The minimum absolute atomic E-state index is 0.279. The molecule has 2 aliphatic rings. The maximum atomic E-state index is 11.8. The van der Waals surface area contributed by atoms with Crippen LogP contribution in [0.4, 0.5) is 0 Å². The number of aliphatic carboxylic acids is 1. The highest BCUT2D eigenvalue weighted by atomic mass is 32.2. The Balaban J connectivity index is 1.72. The zero-order valence-corrected chi connectivity index (χ0v) is 11.5. The number of carbonyl (C=O) groups is 1. The lowest BCUT2D eigenvalue weighted by molar-refractivity contribution is -0.145. The van der Waals surface area contributed by atoms with E-state index in [2.05, 4.69) is 10.3 Å². The zero-order valence-electron chi connectivity index (χ0n) is 10.7. The quantitative estimate of drug-likeness (QED) is 0.748. The van der Waals surface area contributed by atoms with Crippen molar-refractivity contribution in [3.05, 3.63) is 24.4 Å². The summed E-state index contributed by atoms with van der Waals surface area (Å²) in [6.07, 6.45) is 6.01. The molecule has 2 aliphatic carbocycles. The molecular formula is C14H18N2O2S. The topological polar surface area (TPSA) is 62.2 Å². The molecule has 0 spiro atoms. The Labute approximate surface area is 117 Å². The molecule has 0 aromatic carbocycles. The number of aromatic nitrogens is 1. The highest BCUT2D eigenvalue weighted by molar-refractivity contribution is 7.99. The number of thioether (sulfide) groups is 1. The maximum absolute atomic E-state index is 11.8. The summed E-state index contributed by atoms with van der Waals surface area (Å²) < 4.78 is 0. The summed E-state index contributed by atoms with van der Waals surface area (Å²) in [6.45, 7) is 0. The van der Waals surface area contributed by atoms with E-state index in [9.17, 15) is 9.90 Å². The smallest absolute Gasteiger partial charge is 0.325 e. The molecule has 4 nitrogen and oxygen atoms in total. The van der Waals surface area contributed by atoms with Crippen LogP contribution >= 0.6 is 11.8 Å². The highest BCUT2D eigenvalue weighted by Gasteiger charge is 2.53. The Morgan fingerprint density at radius 2 is 2.21 bits per heavy atom. The first-order chi connectivity index (χ1) is 9.21. The normalized spacial score (nSPS) is 21.9. The van der Waals surface area contributed by atoms with Crippen molar-refractivity contribution in [2.75, 3.05) is 5.75 Å². The summed E-state index contributed by atoms with van der Waals surface area (Å²) in [4.78, 5) is 16.0. The minimum Gasteiger partial charge on any atom is -0.480 e. The predicted octanol–water partition coefficient (Wildman–Crippen LogP) is 2.16. The van der Waals surface area contributed by atoms with E-state index >= 15 is 0 Å². The van der Waals surface area contributed by atoms with Gasteiger partial charge in [-0.2, -0.15) is 0 Å². The predicted molar refractivity (Wildman–Crippen MR) is 74.2 cm³/mol. The van der Waals surface area contributed by atoms with Gasteiger partial charge in [-0.3, -0.25) is 10.1 Å². The molecule has 1 unspecified atom stereocenters. The van der Waals surface area contributed by atoms with Crippen LogP contribution in [-0.2, 0) is 4.79 Å². The van der Waals surface area contributed by atoms with Gasteiger partial charge in [0, 0.05) is 18.0 Å². The number of nitrogens with zero attached hydrogens (tertiary/aromatic N) is 1. The van der Waals surface area contributed by atoms with Gasteiger partial charge in [-0.1, -0.05) is 6.07 Å². The van der Waals surface area contributed by atoms with E-state index in [0.717, 1.165) is 30.7 Å². The zero-order chi connectivity index (χ0) is 13.3. The molecule has 0 aliphatic heterocycles. The van der Waals surface area contributed by atoms with E-state index in [4.69, 9.17) is 0 Å². The monoisotopic (exact) mass is 278 g/mol. The number of nitrogens with one attached hydrogen (secondary N) is 1. The molecule has 1 aromatic rings. The van der Waals surface area contributed by atoms with Gasteiger partial charge in [-0.15, -0.1) is 11.8 Å². The van der Waals surface area contributed by atoms with Crippen molar-refractivity contribution in [1.29, 1.82) is 0 Å². The first-order valence-corrected chi connectivity index (χ1v) is 7.74. The van der Waals surface area contributed by atoms with Crippen molar-refractivity contribution in [2.45, 2.75) is 42.3 Å². The molecule has 1 aromatic heterocycles. The Bertz CT molecular complexity index is 460. The number of carboxylic acids is 1. The van der Waals surface area contributed by atoms with E-state index in [-0.39, 0.29) is 5.92 Å². The molecule has 2 fully saturated rings. The molecule has 0 saturated heterocycles. The van der Waals surface area contributed by atoms with Crippen LogP contribution in [0.25, 0.3) is 0 Å². The Morgan fingerprint density at radius 3 is 2.74 bits per heavy atom. The van der Waals surface area contributed by atoms with Gasteiger partial charge < -0.3 is 5.11 Å². The van der Waals surface area contributed by atoms with Gasteiger partial charge in [0.15, 0.2) is 0 Å². The van der Waals surface area contributed by atoms with E-state index in [0.29, 0.717) is 11.8 Å². The van der Waals surface area contributed by atoms with E-state index in [1.165, 1.54) is 11.8 Å². The lowest BCUT2D eigenvalue weighted by atomic mass is 9.95. The fourth-order valence-corrected chi connectivity index (χ4v) is 3.49. The molecule has 19 heavy (non-hydrogen) atoms. The second-order valence-electron chi connectivity index (χ2n) is 5.43. The third-order valence-electron chi connectivity index (χ3n) is 3.78. The van der Waals surface area contributed by atoms with Crippen LogP contribution in [0.5, 0.6) is 0 Å². The van der Waals surface area contributed by atoms with Crippen LogP contribution in [-0.4, -0.2) is 33.4 Å². The molecule has 0 bridgehead atoms. The average Bonchev–Trinajstić information content (AvgIpc) is 3.28. The third kappa shape index (κ3) is 2.92. The average molecular weight is 278 g/mol. The first-order valence-electron chi connectivity index (χ1n) is 6.75. The summed E-state index contributed by atoms with van der Waals surface area (Å²) in [5, 5.41) is 14.0. The van der Waals surface area contributed by atoms with Crippen molar-refractivity contribution < 1.29 is 9.90 Å². The van der Waals surface area contributed by atoms with E-state index < -0.39 is 11.5 Å². The SMILES string of the molecule is O=C(O)C(CSc1ccccn1)(NC1CC1)C1CC1. The van der Waals surface area contributed by atoms with E-state index in [1.54, 1.807) is 6.20 Å². The second kappa shape index (κ2) is 5.13. The molecular weight excluding hydrogens is 260 g/mol. The summed E-state index contributed by atoms with van der Waals surface area (Å²) >= 11 is 1.54. The van der Waals surface area contributed by atoms with Crippen molar-refractivity contribution in [3.63, 3.8) is 0 Å². The van der Waals surface area contributed by atoms with Gasteiger partial charge in [0.25, 0.3) is 0 Å². The largest absolute Gasteiger partial charge is 0.480 e. The van der Waals surface area contributed by atoms with Gasteiger partial charge >= 0.3 is 5.97 Å². The number of hydrogen-bond acceptors (Lipinski definition) is 4. The highest BCUT2D eigenvalue weighted by Crippen LogP contribution is 2.44. The molecule has 0 amide bonds. The summed E-state index contributed by atoms with van der Waals surface area (Å²) in [7, 11) is 0. The van der Waals surface area contributed by atoms with Crippen LogP contribution < -0.4 is 5.32 Å². The Morgan fingerprint density at radius 1 is 1.42 bits per heavy atom. The van der Waals surface area contributed by atoms with Gasteiger partial charge in [0.05, 0.1) is 5.03 Å². The number of hydrogen-bond donors (Lipinski definition) is 2. The van der Waals surface area contributed by atoms with Crippen LogP contribution in [0.3, 0.4) is 0 Å². The number of carboxylic acid groups (broad SMARTS) is 1. The standard InChI is InChI=1S/C14H18N2O2S/c17-13(18)14(10-4-5-10,16-11-6-7-11)9-19-12-3-1-2-8-15-12/h1-3,8,10-11,16H,4-7,9H2,(H,17,18). The van der Waals surface area contributed by atoms with Gasteiger partial charge in [-0.05, 0) is 43.7 Å². The van der Waals surface area contributed by atoms with Crippen LogP contribution in [0.1, 0.15) is 25.7 Å². The molecule has 1 heterocycles. The van der Waals surface area contributed by atoms with Gasteiger partial charge in [0.2, 0.25) is 0 Å². The van der Waals surface area contributed by atoms with Crippen molar-refractivity contribution in [2.24, 2.45) is 5.92 Å². The molecule has 2 N–H and O–H groups in total. The first kappa shape index (κ1) is 12.9. The van der Waals surface area contributed by atoms with Crippen molar-refractivity contribution in [3.8, 4) is 0 Å². The second-order valence-corrected chi connectivity index (χ2v) is 6.42. The van der Waals surface area contributed by atoms with Gasteiger partial charge in [-0.25, -0.2) is 4.98 Å². The maximum Gasteiger partial charge on any atom is 0.325 e. The van der Waals surface area contributed by atoms with Crippen molar-refractivity contribution in [1.82, 2.24) is 10.3 Å². The van der Waals surface area contributed by atoms with Crippen LogP contribution in [0.2, 0.25) is 0 Å². The molecule has 3 rings (SSSR count). The summed E-state index contributed by atoms with van der Waals surface area (Å²) in [5.41, 5.74) is -0.761. The Kier molecular flexibility index (Phi) is 3.50. The molecule has 2 saturated carbocycles. The number of rotatable bonds is 7. The fourth-order valence-electron chi connectivity index (χ4n) is 2.36. The van der Waals surface area contributed by atoms with Crippen LogP contribution in [0, 0.1) is 5.92 Å². The van der Waals surface area contributed by atoms with Crippen LogP contribution in [0.15, 0.2) is 29.4 Å².